The minimum atomic E-state index is 0.759. The Bertz CT molecular complexity index is 234. The van der Waals surface area contributed by atoms with Gasteiger partial charge in [0.25, 0.3) is 0 Å². The molecule has 0 bridgehead atoms. The Kier molecular flexibility index (Phi) is 3.30. The van der Waals surface area contributed by atoms with E-state index in [1.807, 2.05) is 7.05 Å². The predicted molar refractivity (Wildman–Crippen MR) is 49.3 cm³/mol. The summed E-state index contributed by atoms with van der Waals surface area (Å²) in [5.41, 5.74) is 0.969. The second kappa shape index (κ2) is 4.04. The van der Waals surface area contributed by atoms with Crippen LogP contribution in [0.4, 0.5) is 0 Å². The van der Waals surface area contributed by atoms with Crippen LogP contribution in [0.25, 0.3) is 0 Å². The second-order valence-corrected chi connectivity index (χ2v) is 3.90. The fourth-order valence-corrected chi connectivity index (χ4v) is 1.93. The summed E-state index contributed by atoms with van der Waals surface area (Å²) in [6.45, 7) is 2.84. The molecule has 0 unspecified atom stereocenters. The molecular weight excluding hydrogens is 180 g/mol. The van der Waals surface area contributed by atoms with Crippen molar-refractivity contribution in [3.05, 3.63) is 15.0 Å². The van der Waals surface area contributed by atoms with E-state index in [1.54, 1.807) is 11.3 Å². The minimum Gasteiger partial charge on any atom is -0.314 e. The molecule has 11 heavy (non-hydrogen) atoms. The highest BCUT2D eigenvalue weighted by molar-refractivity contribution is 7.16. The molecular formula is C7H11ClN2S. The van der Waals surface area contributed by atoms with E-state index in [0.29, 0.717) is 0 Å². The van der Waals surface area contributed by atoms with E-state index in [9.17, 15) is 0 Å². The summed E-state index contributed by atoms with van der Waals surface area (Å²) in [5.74, 6) is 0. The molecule has 0 radical (unpaired) electrons. The summed E-state index contributed by atoms with van der Waals surface area (Å²) in [6.07, 6.45) is 0.966. The third-order valence-corrected chi connectivity index (χ3v) is 2.82. The molecule has 62 valence electrons. The van der Waals surface area contributed by atoms with Gasteiger partial charge in [0, 0.05) is 6.54 Å². The minimum absolute atomic E-state index is 0.759. The van der Waals surface area contributed by atoms with Crippen molar-refractivity contribution in [2.45, 2.75) is 19.9 Å². The molecule has 1 aromatic rings. The lowest BCUT2D eigenvalue weighted by atomic mass is 10.4. The van der Waals surface area contributed by atoms with Crippen LogP contribution in [0.3, 0.4) is 0 Å². The Morgan fingerprint density at radius 3 is 2.82 bits per heavy atom. The van der Waals surface area contributed by atoms with Crippen LogP contribution in [0.15, 0.2) is 0 Å². The second-order valence-electron chi connectivity index (χ2n) is 2.21. The molecule has 0 saturated heterocycles. The van der Waals surface area contributed by atoms with Gasteiger partial charge in [0.05, 0.1) is 10.7 Å². The zero-order valence-electron chi connectivity index (χ0n) is 6.65. The van der Waals surface area contributed by atoms with E-state index < -0.39 is 0 Å². The number of aryl methyl sites for hydroxylation is 1. The molecule has 0 saturated carbocycles. The van der Waals surface area contributed by atoms with Crippen molar-refractivity contribution >= 4 is 22.9 Å². The van der Waals surface area contributed by atoms with E-state index in [2.05, 4.69) is 17.2 Å². The molecule has 0 aromatic carbocycles. The number of rotatable bonds is 3. The van der Waals surface area contributed by atoms with Crippen molar-refractivity contribution in [3.63, 3.8) is 0 Å². The third kappa shape index (κ3) is 2.15. The molecule has 1 aromatic heterocycles. The molecule has 0 fully saturated rings. The monoisotopic (exact) mass is 190 g/mol. The number of hydrogen-bond donors (Lipinski definition) is 1. The number of nitrogens with zero attached hydrogens (tertiary/aromatic N) is 1. The van der Waals surface area contributed by atoms with Crippen molar-refractivity contribution in [1.29, 1.82) is 0 Å². The van der Waals surface area contributed by atoms with Crippen molar-refractivity contribution in [1.82, 2.24) is 10.3 Å². The van der Waals surface area contributed by atoms with Gasteiger partial charge in [0.15, 0.2) is 0 Å². The highest BCUT2D eigenvalue weighted by Crippen LogP contribution is 2.24. The smallest absolute Gasteiger partial charge is 0.117 e. The summed E-state index contributed by atoms with van der Waals surface area (Å²) >= 11 is 7.49. The third-order valence-electron chi connectivity index (χ3n) is 1.34. The first-order valence-corrected chi connectivity index (χ1v) is 4.76. The average molecular weight is 191 g/mol. The Morgan fingerprint density at radius 1 is 1.64 bits per heavy atom. The van der Waals surface area contributed by atoms with Gasteiger partial charge >= 0.3 is 0 Å². The van der Waals surface area contributed by atoms with Crippen LogP contribution in [-0.2, 0) is 13.0 Å². The molecule has 4 heteroatoms. The Labute approximate surface area is 75.6 Å². The van der Waals surface area contributed by atoms with Crippen LogP contribution < -0.4 is 5.32 Å². The standard InChI is InChI=1S/C7H11ClN2S/c1-3-6-10-5(4-9-2)7(8)11-6/h9H,3-4H2,1-2H3. The first-order valence-electron chi connectivity index (χ1n) is 3.56. The SMILES string of the molecule is CCc1nc(CNC)c(Cl)s1. The van der Waals surface area contributed by atoms with Gasteiger partial charge in [0.2, 0.25) is 0 Å². The van der Waals surface area contributed by atoms with Gasteiger partial charge in [-0.05, 0) is 13.5 Å². The zero-order valence-corrected chi connectivity index (χ0v) is 8.22. The van der Waals surface area contributed by atoms with Crippen molar-refractivity contribution in [2.24, 2.45) is 0 Å². The molecule has 2 nitrogen and oxygen atoms in total. The lowest BCUT2D eigenvalue weighted by Crippen LogP contribution is -2.05. The zero-order chi connectivity index (χ0) is 8.27. The van der Waals surface area contributed by atoms with Gasteiger partial charge in [-0.1, -0.05) is 18.5 Å². The molecule has 0 aliphatic carbocycles. The highest BCUT2D eigenvalue weighted by atomic mass is 35.5. The van der Waals surface area contributed by atoms with Gasteiger partial charge in [-0.2, -0.15) is 0 Å². The number of thiazole rings is 1. The fraction of sp³-hybridized carbons (Fsp3) is 0.571. The van der Waals surface area contributed by atoms with E-state index >= 15 is 0 Å². The Balaban J connectivity index is 2.79. The first-order chi connectivity index (χ1) is 5.27. The van der Waals surface area contributed by atoms with Crippen LogP contribution in [0.1, 0.15) is 17.6 Å². The van der Waals surface area contributed by atoms with Crippen molar-refractivity contribution < 1.29 is 0 Å². The van der Waals surface area contributed by atoms with E-state index in [-0.39, 0.29) is 0 Å². The van der Waals surface area contributed by atoms with E-state index in [1.165, 1.54) is 0 Å². The van der Waals surface area contributed by atoms with Crippen LogP contribution >= 0.6 is 22.9 Å². The quantitative estimate of drug-likeness (QED) is 0.790. The number of nitrogens with one attached hydrogen (secondary N) is 1. The molecule has 0 aliphatic rings. The predicted octanol–water partition coefficient (Wildman–Crippen LogP) is 2.08. The summed E-state index contributed by atoms with van der Waals surface area (Å²) < 4.78 is 0.816. The van der Waals surface area contributed by atoms with Crippen LogP contribution in [-0.4, -0.2) is 12.0 Å². The maximum absolute atomic E-state index is 5.92. The maximum atomic E-state index is 5.92. The first kappa shape index (κ1) is 8.97. The summed E-state index contributed by atoms with van der Waals surface area (Å²) in [7, 11) is 1.89. The largest absolute Gasteiger partial charge is 0.314 e. The topological polar surface area (TPSA) is 24.9 Å². The van der Waals surface area contributed by atoms with E-state index in [0.717, 1.165) is 28.0 Å². The summed E-state index contributed by atoms with van der Waals surface area (Å²) in [5, 5.41) is 4.13. The average Bonchev–Trinajstić information content (AvgIpc) is 2.33. The highest BCUT2D eigenvalue weighted by Gasteiger charge is 2.05. The van der Waals surface area contributed by atoms with Crippen LogP contribution in [0.2, 0.25) is 4.34 Å². The maximum Gasteiger partial charge on any atom is 0.117 e. The molecule has 0 aliphatic heterocycles. The Hall–Kier alpha value is -0.120. The lowest BCUT2D eigenvalue weighted by Gasteiger charge is -1.92. The fourth-order valence-electron chi connectivity index (χ4n) is 0.807. The van der Waals surface area contributed by atoms with Gasteiger partial charge in [0.1, 0.15) is 4.34 Å². The van der Waals surface area contributed by atoms with Gasteiger partial charge in [-0.25, -0.2) is 4.98 Å². The number of hydrogen-bond acceptors (Lipinski definition) is 3. The number of halogens is 1. The molecule has 0 amide bonds. The van der Waals surface area contributed by atoms with Gasteiger partial charge in [-0.15, -0.1) is 11.3 Å². The summed E-state index contributed by atoms with van der Waals surface area (Å²) in [4.78, 5) is 4.34. The van der Waals surface area contributed by atoms with Gasteiger partial charge < -0.3 is 5.32 Å². The Morgan fingerprint density at radius 2 is 2.36 bits per heavy atom. The lowest BCUT2D eigenvalue weighted by molar-refractivity contribution is 0.792. The molecule has 1 rings (SSSR count). The molecule has 1 N–H and O–H groups in total. The van der Waals surface area contributed by atoms with Crippen molar-refractivity contribution in [3.8, 4) is 0 Å². The van der Waals surface area contributed by atoms with Gasteiger partial charge in [-0.3, -0.25) is 0 Å². The molecule has 1 heterocycles. The normalized spacial score (nSPS) is 10.5. The summed E-state index contributed by atoms with van der Waals surface area (Å²) in [6, 6.07) is 0. The van der Waals surface area contributed by atoms with Crippen molar-refractivity contribution in [2.75, 3.05) is 7.05 Å². The van der Waals surface area contributed by atoms with Crippen LogP contribution in [0, 0.1) is 0 Å². The number of aromatic nitrogens is 1. The van der Waals surface area contributed by atoms with E-state index in [4.69, 9.17) is 11.6 Å². The molecule has 0 atom stereocenters. The molecule has 0 spiro atoms. The van der Waals surface area contributed by atoms with Crippen LogP contribution in [0.5, 0.6) is 0 Å².